The Kier molecular flexibility index (Phi) is 3.49. The molecule has 1 fully saturated rings. The predicted octanol–water partition coefficient (Wildman–Crippen LogP) is 3.10. The number of nitrogens with two attached hydrogens (primary N) is 1. The topological polar surface area (TPSA) is 60.2 Å². The number of aromatic nitrogens is 1. The van der Waals surface area contributed by atoms with Gasteiger partial charge in [0.25, 0.3) is 0 Å². The number of aryl methyl sites for hydroxylation is 1. The molecule has 1 aliphatic rings. The fourth-order valence-electron chi connectivity index (χ4n) is 3.00. The van der Waals surface area contributed by atoms with E-state index in [4.69, 9.17) is 10.5 Å². The number of fused-ring (bicyclic) bond motifs is 1. The van der Waals surface area contributed by atoms with E-state index < -0.39 is 0 Å². The maximum absolute atomic E-state index is 6.04. The van der Waals surface area contributed by atoms with E-state index in [-0.39, 0.29) is 0 Å². The molecular formula is C16H21N3O. The van der Waals surface area contributed by atoms with Gasteiger partial charge in [-0.05, 0) is 44.4 Å². The van der Waals surface area contributed by atoms with Gasteiger partial charge in [-0.15, -0.1) is 0 Å². The third kappa shape index (κ3) is 2.43. The van der Waals surface area contributed by atoms with Crippen molar-refractivity contribution in [1.82, 2.24) is 4.98 Å². The zero-order valence-electron chi connectivity index (χ0n) is 12.0. The lowest BCUT2D eigenvalue weighted by Gasteiger charge is -2.17. The second-order valence-corrected chi connectivity index (χ2v) is 5.59. The Hall–Kier alpha value is -1.81. The van der Waals surface area contributed by atoms with Crippen molar-refractivity contribution in [2.24, 2.45) is 0 Å². The second-order valence-electron chi connectivity index (χ2n) is 5.59. The van der Waals surface area contributed by atoms with Crippen LogP contribution in [0, 0.1) is 6.92 Å². The van der Waals surface area contributed by atoms with E-state index >= 15 is 0 Å². The first kappa shape index (κ1) is 13.2. The first-order chi connectivity index (χ1) is 9.67. The van der Waals surface area contributed by atoms with Gasteiger partial charge in [-0.3, -0.25) is 4.98 Å². The number of benzene rings is 1. The number of hydrogen-bond donors (Lipinski definition) is 2. The Bertz CT molecular complexity index is 626. The standard InChI is InChI=1S/C16H21N3O/c1-10-7-13-14(9-18-10)15(17)5-6-16(13)19-11-3-4-12(8-11)20-2/h5-7,9,11-12,19H,3-4,8,17H2,1-2H3. The van der Waals surface area contributed by atoms with Crippen molar-refractivity contribution in [3.05, 3.63) is 30.1 Å². The van der Waals surface area contributed by atoms with E-state index in [0.29, 0.717) is 12.1 Å². The van der Waals surface area contributed by atoms with Crippen molar-refractivity contribution < 1.29 is 4.74 Å². The number of ether oxygens (including phenoxy) is 1. The molecule has 2 atom stereocenters. The van der Waals surface area contributed by atoms with E-state index in [1.54, 1.807) is 7.11 Å². The van der Waals surface area contributed by atoms with Crippen molar-refractivity contribution in [3.63, 3.8) is 0 Å². The van der Waals surface area contributed by atoms with Gasteiger partial charge in [0, 0.05) is 47.2 Å². The molecule has 1 aromatic heterocycles. The molecule has 0 amide bonds. The van der Waals surface area contributed by atoms with Crippen LogP contribution < -0.4 is 11.1 Å². The summed E-state index contributed by atoms with van der Waals surface area (Å²) in [5.74, 6) is 0. The molecule has 4 nitrogen and oxygen atoms in total. The quantitative estimate of drug-likeness (QED) is 0.842. The number of anilines is 2. The van der Waals surface area contributed by atoms with Crippen LogP contribution in [0.4, 0.5) is 11.4 Å². The highest BCUT2D eigenvalue weighted by molar-refractivity contribution is 6.00. The smallest absolute Gasteiger partial charge is 0.0591 e. The largest absolute Gasteiger partial charge is 0.398 e. The molecule has 2 aromatic rings. The van der Waals surface area contributed by atoms with E-state index in [1.165, 1.54) is 0 Å². The van der Waals surface area contributed by atoms with Gasteiger partial charge in [0.1, 0.15) is 0 Å². The normalized spacial score (nSPS) is 22.3. The van der Waals surface area contributed by atoms with Crippen molar-refractivity contribution in [2.45, 2.75) is 38.3 Å². The molecule has 2 unspecified atom stereocenters. The van der Waals surface area contributed by atoms with E-state index in [0.717, 1.165) is 47.1 Å². The average Bonchev–Trinajstić information content (AvgIpc) is 2.90. The Morgan fingerprint density at radius 2 is 2.15 bits per heavy atom. The summed E-state index contributed by atoms with van der Waals surface area (Å²) in [5, 5.41) is 5.81. The van der Waals surface area contributed by atoms with Gasteiger partial charge >= 0.3 is 0 Å². The molecule has 3 N–H and O–H groups in total. The summed E-state index contributed by atoms with van der Waals surface area (Å²) in [6, 6.07) is 6.58. The molecule has 0 aliphatic heterocycles. The van der Waals surface area contributed by atoms with Crippen LogP contribution in [-0.4, -0.2) is 24.2 Å². The number of rotatable bonds is 3. The van der Waals surface area contributed by atoms with Crippen LogP contribution in [0.25, 0.3) is 10.8 Å². The number of pyridine rings is 1. The van der Waals surface area contributed by atoms with Gasteiger partial charge in [0.2, 0.25) is 0 Å². The summed E-state index contributed by atoms with van der Waals surface area (Å²) >= 11 is 0. The van der Waals surface area contributed by atoms with Gasteiger partial charge in [-0.1, -0.05) is 0 Å². The summed E-state index contributed by atoms with van der Waals surface area (Å²) < 4.78 is 5.43. The maximum atomic E-state index is 6.04. The maximum Gasteiger partial charge on any atom is 0.0591 e. The molecule has 20 heavy (non-hydrogen) atoms. The lowest BCUT2D eigenvalue weighted by molar-refractivity contribution is 0.108. The highest BCUT2D eigenvalue weighted by Crippen LogP contribution is 2.31. The van der Waals surface area contributed by atoms with Crippen molar-refractivity contribution in [1.29, 1.82) is 0 Å². The van der Waals surface area contributed by atoms with Crippen LogP contribution in [0.3, 0.4) is 0 Å². The van der Waals surface area contributed by atoms with Crippen LogP contribution in [0.15, 0.2) is 24.4 Å². The van der Waals surface area contributed by atoms with Crippen molar-refractivity contribution >= 4 is 22.1 Å². The highest BCUT2D eigenvalue weighted by Gasteiger charge is 2.24. The number of nitrogens with zero attached hydrogens (tertiary/aromatic N) is 1. The van der Waals surface area contributed by atoms with Gasteiger partial charge < -0.3 is 15.8 Å². The fourth-order valence-corrected chi connectivity index (χ4v) is 3.00. The summed E-state index contributed by atoms with van der Waals surface area (Å²) in [6.07, 6.45) is 5.58. The van der Waals surface area contributed by atoms with Gasteiger partial charge in [0.15, 0.2) is 0 Å². The highest BCUT2D eigenvalue weighted by atomic mass is 16.5. The minimum absolute atomic E-state index is 0.385. The number of nitrogens with one attached hydrogen (secondary N) is 1. The minimum Gasteiger partial charge on any atom is -0.398 e. The Balaban J connectivity index is 1.92. The summed E-state index contributed by atoms with van der Waals surface area (Å²) in [6.45, 7) is 2.00. The molecule has 1 aliphatic carbocycles. The first-order valence-electron chi connectivity index (χ1n) is 7.11. The Morgan fingerprint density at radius 1 is 1.30 bits per heavy atom. The summed E-state index contributed by atoms with van der Waals surface area (Å²) in [4.78, 5) is 4.34. The van der Waals surface area contributed by atoms with E-state index in [2.05, 4.69) is 22.4 Å². The molecular weight excluding hydrogens is 250 g/mol. The zero-order chi connectivity index (χ0) is 14.1. The van der Waals surface area contributed by atoms with Gasteiger partial charge in [-0.2, -0.15) is 0 Å². The molecule has 0 spiro atoms. The summed E-state index contributed by atoms with van der Waals surface area (Å²) in [5.41, 5.74) is 8.96. The van der Waals surface area contributed by atoms with Crippen molar-refractivity contribution in [3.8, 4) is 0 Å². The average molecular weight is 271 g/mol. The van der Waals surface area contributed by atoms with Gasteiger partial charge in [0.05, 0.1) is 6.10 Å². The second kappa shape index (κ2) is 5.29. The predicted molar refractivity (Wildman–Crippen MR) is 83.0 cm³/mol. The molecule has 1 heterocycles. The lowest BCUT2D eigenvalue weighted by Crippen LogP contribution is -2.17. The monoisotopic (exact) mass is 271 g/mol. The zero-order valence-corrected chi connectivity index (χ0v) is 12.0. The molecule has 3 rings (SSSR count). The van der Waals surface area contributed by atoms with Crippen LogP contribution >= 0.6 is 0 Å². The van der Waals surface area contributed by atoms with Crippen LogP contribution in [0.1, 0.15) is 25.0 Å². The number of methoxy groups -OCH3 is 1. The van der Waals surface area contributed by atoms with Crippen molar-refractivity contribution in [2.75, 3.05) is 18.2 Å². The molecule has 106 valence electrons. The minimum atomic E-state index is 0.385. The number of nitrogen functional groups attached to an aromatic ring is 1. The molecule has 0 radical (unpaired) electrons. The van der Waals surface area contributed by atoms with Crippen LogP contribution in [0.2, 0.25) is 0 Å². The first-order valence-corrected chi connectivity index (χ1v) is 7.11. The third-order valence-corrected chi connectivity index (χ3v) is 4.15. The third-order valence-electron chi connectivity index (χ3n) is 4.15. The number of hydrogen-bond acceptors (Lipinski definition) is 4. The molecule has 4 heteroatoms. The van der Waals surface area contributed by atoms with Gasteiger partial charge in [-0.25, -0.2) is 0 Å². The lowest BCUT2D eigenvalue weighted by atomic mass is 10.1. The Labute approximate surface area is 119 Å². The SMILES string of the molecule is COC1CCC(Nc2ccc(N)c3cnc(C)cc23)C1. The summed E-state index contributed by atoms with van der Waals surface area (Å²) in [7, 11) is 1.79. The van der Waals surface area contributed by atoms with Crippen LogP contribution in [-0.2, 0) is 4.74 Å². The van der Waals surface area contributed by atoms with E-state index in [9.17, 15) is 0 Å². The van der Waals surface area contributed by atoms with Crippen LogP contribution in [0.5, 0.6) is 0 Å². The molecule has 1 aromatic carbocycles. The molecule has 0 bridgehead atoms. The Morgan fingerprint density at radius 3 is 2.90 bits per heavy atom. The molecule has 0 saturated heterocycles. The molecule has 1 saturated carbocycles. The fraction of sp³-hybridized carbons (Fsp3) is 0.438. The van der Waals surface area contributed by atoms with E-state index in [1.807, 2.05) is 19.2 Å².